The summed E-state index contributed by atoms with van der Waals surface area (Å²) in [6.45, 7) is 12.5. The molecule has 0 amide bonds. The highest BCUT2D eigenvalue weighted by Crippen LogP contribution is 2.51. The van der Waals surface area contributed by atoms with Gasteiger partial charge >= 0.3 is 0 Å². The third-order valence-corrected chi connectivity index (χ3v) is 20.2. The molecule has 0 saturated heterocycles. The Hall–Kier alpha value is -12.2. The van der Waals surface area contributed by atoms with Crippen molar-refractivity contribution < 1.29 is 20.6 Å². The van der Waals surface area contributed by atoms with Crippen molar-refractivity contribution >= 4 is 127 Å². The van der Waals surface area contributed by atoms with Crippen LogP contribution in [-0.4, -0.2) is 20.4 Å². The lowest BCUT2D eigenvalue weighted by Crippen LogP contribution is -2.60. The molecule has 0 N–H and O–H groups in total. The zero-order chi connectivity index (χ0) is 79.6. The van der Waals surface area contributed by atoms with Crippen molar-refractivity contribution in [3.8, 4) is 56.5 Å². The normalized spacial score (nSPS) is 14.8. The van der Waals surface area contributed by atoms with Gasteiger partial charge in [-0.15, -0.1) is 0 Å². The maximum Gasteiger partial charge on any atom is 0.252 e. The molecule has 6 heteroatoms. The van der Waals surface area contributed by atoms with Gasteiger partial charge in [0.1, 0.15) is 0 Å². The van der Waals surface area contributed by atoms with Crippen LogP contribution in [0.1, 0.15) is 78.8 Å². The predicted octanol–water partition coefficient (Wildman–Crippen LogP) is 22.5. The molecule has 0 fully saturated rings. The zero-order valence-corrected chi connectivity index (χ0v) is 55.0. The lowest BCUT2D eigenvalue weighted by molar-refractivity contribution is 0.569. The van der Waals surface area contributed by atoms with E-state index in [0.717, 1.165) is 104 Å². The van der Waals surface area contributed by atoms with E-state index in [1.54, 1.807) is 4.57 Å². The van der Waals surface area contributed by atoms with Gasteiger partial charge in [0.25, 0.3) is 6.71 Å². The topological polar surface area (TPSA) is 41.8 Å². The quantitative estimate of drug-likeness (QED) is 0.156. The second-order valence-corrected chi connectivity index (χ2v) is 28.0. The van der Waals surface area contributed by atoms with Crippen LogP contribution in [0.2, 0.25) is 0 Å². The van der Waals surface area contributed by atoms with Crippen LogP contribution in [-0.2, 0) is 10.8 Å². The summed E-state index contributed by atoms with van der Waals surface area (Å²) < 4.78 is 150. The molecule has 2 aliphatic rings. The van der Waals surface area contributed by atoms with Crippen LogP contribution in [0.4, 0.5) is 17.1 Å². The summed E-state index contributed by atoms with van der Waals surface area (Å²) in [7, 11) is 0. The minimum Gasteiger partial charge on any atom is -0.310 e. The van der Waals surface area contributed by atoms with Crippen molar-refractivity contribution in [2.75, 3.05) is 4.90 Å². The highest BCUT2D eigenvalue weighted by Gasteiger charge is 2.44. The van der Waals surface area contributed by atoms with Gasteiger partial charge in [0.15, 0.2) is 0 Å². The van der Waals surface area contributed by atoms with E-state index in [0.29, 0.717) is 22.7 Å². The fourth-order valence-corrected chi connectivity index (χ4v) is 15.7. The largest absolute Gasteiger partial charge is 0.310 e. The first-order valence-electron chi connectivity index (χ1n) is 40.8. The lowest BCUT2D eigenvalue weighted by atomic mass is 9.33. The Bertz CT molecular complexity index is 7180. The van der Waals surface area contributed by atoms with Crippen molar-refractivity contribution in [2.24, 2.45) is 0 Å². The van der Waals surface area contributed by atoms with Crippen LogP contribution < -0.4 is 21.3 Å². The first kappa shape index (κ1) is 44.6. The van der Waals surface area contributed by atoms with Crippen LogP contribution in [0.25, 0.3) is 137 Å². The number of fused-ring (bicyclic) bond motifs is 17. The Morgan fingerprint density at radius 1 is 0.354 bits per heavy atom. The minimum atomic E-state index is -0.818. The van der Waals surface area contributed by atoms with Gasteiger partial charge in [0.05, 0.1) is 71.2 Å². The number of nitriles is 1. The predicted molar refractivity (Wildman–Crippen MR) is 420 cm³/mol. The summed E-state index contributed by atoms with van der Waals surface area (Å²) in [4.78, 5) is 2.18. The van der Waals surface area contributed by atoms with Gasteiger partial charge in [-0.1, -0.05) is 272 Å². The van der Waals surface area contributed by atoms with E-state index in [2.05, 4.69) is 148 Å². The summed E-state index contributed by atoms with van der Waals surface area (Å²) in [5.41, 5.74) is 12.3. The molecule has 0 atom stereocenters. The molecule has 5 nitrogen and oxygen atoms in total. The molecule has 19 rings (SSSR count). The van der Waals surface area contributed by atoms with E-state index in [1.807, 2.05) is 121 Å². The molecule has 0 radical (unpaired) electrons. The number of rotatable bonds is 6. The highest BCUT2D eigenvalue weighted by atomic mass is 15.2. The van der Waals surface area contributed by atoms with E-state index < -0.39 is 103 Å². The first-order chi connectivity index (χ1) is 54.6. The van der Waals surface area contributed by atoms with Gasteiger partial charge in [-0.05, 0) is 155 Å². The second kappa shape index (κ2) is 21.9. The summed E-state index contributed by atoms with van der Waals surface area (Å²) in [6.07, 6.45) is 0. The molecule has 17 aromatic rings. The van der Waals surface area contributed by atoms with Gasteiger partial charge in [0.2, 0.25) is 0 Å². The average molecular weight is 1280 g/mol. The summed E-state index contributed by atoms with van der Waals surface area (Å²) in [5, 5.41) is 15.8. The van der Waals surface area contributed by atoms with Gasteiger partial charge < -0.3 is 18.6 Å². The van der Waals surface area contributed by atoms with Crippen molar-refractivity contribution in [1.29, 1.82) is 5.26 Å². The molecule has 468 valence electrons. The van der Waals surface area contributed by atoms with Crippen LogP contribution >= 0.6 is 0 Å². The number of hydrogen-bond donors (Lipinski definition) is 0. The number of benzene rings is 14. The van der Waals surface area contributed by atoms with Crippen molar-refractivity contribution in [2.45, 2.75) is 52.4 Å². The Kier molecular flexibility index (Phi) is 9.87. The lowest BCUT2D eigenvalue weighted by Gasteiger charge is -2.43. The molecule has 99 heavy (non-hydrogen) atoms. The second-order valence-electron chi connectivity index (χ2n) is 28.0. The number of aromatic nitrogens is 3. The van der Waals surface area contributed by atoms with Gasteiger partial charge in [-0.25, -0.2) is 0 Å². The molecular formula is C93H68BN5. The van der Waals surface area contributed by atoms with E-state index in [-0.39, 0.29) is 65.8 Å². The van der Waals surface area contributed by atoms with Crippen molar-refractivity contribution in [3.63, 3.8) is 0 Å². The minimum absolute atomic E-state index is 0.0851. The Labute approximate surface area is 597 Å². The molecule has 0 aliphatic carbocycles. The summed E-state index contributed by atoms with van der Waals surface area (Å²) in [6, 6.07) is 66.3. The number of anilines is 3. The van der Waals surface area contributed by atoms with Crippen LogP contribution in [0, 0.1) is 11.3 Å². The molecule has 2 aliphatic heterocycles. The SMILES string of the molecule is [2H]c1c([2H])c([2H])c2c(c1[2H])c1c([2H])c([2H])c([2H])c([2H])c1n2-c1ccc2c(c1)N(c1c(-c3ccccc3)cccc1-c1ccccc1)c1cc(-n3c4c([2H])c([2H])c([2H])c([2H])c4c4c([2H])c(C#N)c([2H])c([2H])c43)cc3c1B2c1cc(-c2cc(C(C)(C)C)cc(C(C)(C)C)c2)cc2c4ccccc4c4ccccc4c4ccccc4n-3c12. The number of nitrogens with zero attached hydrogens (tertiary/aromatic N) is 5. The van der Waals surface area contributed by atoms with Gasteiger partial charge in [-0.3, -0.25) is 0 Å². The van der Waals surface area contributed by atoms with E-state index in [9.17, 15) is 23.1 Å². The number of hydrogen-bond acceptors (Lipinski definition) is 2. The van der Waals surface area contributed by atoms with Gasteiger partial charge in [0, 0.05) is 71.7 Å². The molecule has 5 heterocycles. The summed E-state index contributed by atoms with van der Waals surface area (Å²) in [5.74, 6) is 0. The highest BCUT2D eigenvalue weighted by molar-refractivity contribution is 7.00. The Balaban J connectivity index is 1.11. The van der Waals surface area contributed by atoms with Crippen molar-refractivity contribution in [3.05, 3.63) is 320 Å². The fourth-order valence-electron chi connectivity index (χ4n) is 15.7. The average Bonchev–Trinajstić information content (AvgIpc) is 1.23. The smallest absolute Gasteiger partial charge is 0.252 e. The maximum absolute atomic E-state index is 10.8. The van der Waals surface area contributed by atoms with Crippen LogP contribution in [0.3, 0.4) is 0 Å². The monoisotopic (exact) mass is 1280 g/mol. The molecular weight excluding hydrogens is 1200 g/mol. The first-order valence-corrected chi connectivity index (χ1v) is 33.3. The Morgan fingerprint density at radius 2 is 0.838 bits per heavy atom. The molecule has 0 unspecified atom stereocenters. The van der Waals surface area contributed by atoms with E-state index in [4.69, 9.17) is 2.74 Å². The van der Waals surface area contributed by atoms with Crippen LogP contribution in [0.5, 0.6) is 0 Å². The van der Waals surface area contributed by atoms with E-state index in [1.165, 1.54) is 4.57 Å². The van der Waals surface area contributed by atoms with Crippen molar-refractivity contribution in [1.82, 2.24) is 13.7 Å². The third-order valence-electron chi connectivity index (χ3n) is 20.2. The third kappa shape index (κ3) is 8.94. The van der Waals surface area contributed by atoms with Gasteiger partial charge in [-0.2, -0.15) is 5.26 Å². The van der Waals surface area contributed by atoms with E-state index >= 15 is 0 Å². The Morgan fingerprint density at radius 3 is 1.42 bits per heavy atom. The zero-order valence-electron chi connectivity index (χ0n) is 70.0. The number of para-hydroxylation sites is 5. The molecule has 0 saturated carbocycles. The maximum atomic E-state index is 10.8. The summed E-state index contributed by atoms with van der Waals surface area (Å²) >= 11 is 0. The fraction of sp³-hybridized carbons (Fsp3) is 0.0860. The molecule has 3 aromatic heterocycles. The molecule has 0 bridgehead atoms. The van der Waals surface area contributed by atoms with Crippen LogP contribution in [0.15, 0.2) is 303 Å². The molecule has 14 aromatic carbocycles. The molecule has 0 spiro atoms. The standard InChI is InChI=1S/C93H68BN5/c1-92(2,3)63-49-61(50-64(53-63)93(4,5)6)62-51-78-72-33-16-14-31-70(72)69-30-13-15-32-71(69)73-34-17-24-43-84(73)98-87-55-66(97-83-42-23-20-37-76(83)77-48-58(57-95)44-47-85(77)97)56-88-89(87)94(80(52-62)91(78)98)79-46-45-65(96-81-40-21-18-35-74(81)75-36-19-22-41-82(75)96)54-86(79)99(88)90-67(59-26-9-7-10-27-59)38-25-39-68(90)60-28-11-8-12-29-60/h7-56H,1-6H3/i18D,19D,20D,21D,22D,23D,35D,36D,37D,40D,41D,42D,44D,47D,48D.